The minimum Gasteiger partial charge on any atom is -0.349 e. The molecule has 2 heterocycles. The minimum atomic E-state index is -0.299. The van der Waals surface area contributed by atoms with E-state index in [9.17, 15) is 9.18 Å². The third kappa shape index (κ3) is 4.37. The number of nitrogens with one attached hydrogen (secondary N) is 1. The van der Waals surface area contributed by atoms with Gasteiger partial charge in [0, 0.05) is 11.5 Å². The summed E-state index contributed by atoms with van der Waals surface area (Å²) in [6.45, 7) is 2.22. The summed E-state index contributed by atoms with van der Waals surface area (Å²) in [6, 6.07) is 14.5. The molecule has 1 atom stereocenters. The second-order valence-electron chi connectivity index (χ2n) is 8.37. The number of hydrogen-bond donors (Lipinski definition) is 1. The third-order valence-electron chi connectivity index (χ3n) is 6.33. The fourth-order valence-corrected chi connectivity index (χ4v) is 4.58. The van der Waals surface area contributed by atoms with E-state index in [1.54, 1.807) is 12.1 Å². The molecule has 1 aliphatic carbocycles. The zero-order chi connectivity index (χ0) is 21.2. The average molecular weight is 420 g/mol. The lowest BCUT2D eigenvalue weighted by atomic mass is 9.95. The van der Waals surface area contributed by atoms with E-state index in [1.165, 1.54) is 23.3 Å². The Morgan fingerprint density at radius 2 is 1.87 bits per heavy atom. The summed E-state index contributed by atoms with van der Waals surface area (Å²) in [4.78, 5) is 19.5. The molecule has 31 heavy (non-hydrogen) atoms. The number of benzene rings is 2. The van der Waals surface area contributed by atoms with Crippen LogP contribution in [0.1, 0.15) is 42.3 Å². The second-order valence-corrected chi connectivity index (χ2v) is 8.37. The maximum Gasteiger partial charge on any atom is 0.257 e. The number of fused-ring (bicyclic) bond motifs is 1. The largest absolute Gasteiger partial charge is 0.349 e. The second kappa shape index (κ2) is 8.59. The molecular weight excluding hydrogens is 395 g/mol. The van der Waals surface area contributed by atoms with Gasteiger partial charge in [-0.1, -0.05) is 29.4 Å². The molecule has 5 rings (SSSR count). The van der Waals surface area contributed by atoms with Crippen LogP contribution in [0.3, 0.4) is 0 Å². The summed E-state index contributed by atoms with van der Waals surface area (Å²) < 4.78 is 18.4. The number of hydrogen-bond acceptors (Lipinski definition) is 5. The van der Waals surface area contributed by atoms with Gasteiger partial charge < -0.3 is 9.84 Å². The first-order valence-electron chi connectivity index (χ1n) is 10.8. The van der Waals surface area contributed by atoms with E-state index in [2.05, 4.69) is 38.6 Å². The molecule has 1 aliphatic heterocycles. The van der Waals surface area contributed by atoms with E-state index in [4.69, 9.17) is 4.52 Å². The Kier molecular flexibility index (Phi) is 5.51. The average Bonchev–Trinajstić information content (AvgIpc) is 3.42. The Hall–Kier alpha value is -3.06. The molecule has 0 spiro atoms. The number of halogens is 1. The van der Waals surface area contributed by atoms with Crippen LogP contribution >= 0.6 is 0 Å². The van der Waals surface area contributed by atoms with Gasteiger partial charge in [0.15, 0.2) is 5.82 Å². The third-order valence-corrected chi connectivity index (χ3v) is 6.33. The van der Waals surface area contributed by atoms with E-state index in [-0.39, 0.29) is 23.7 Å². The van der Waals surface area contributed by atoms with Crippen molar-refractivity contribution in [2.24, 2.45) is 5.92 Å². The van der Waals surface area contributed by atoms with Crippen molar-refractivity contribution in [1.29, 1.82) is 0 Å². The summed E-state index contributed by atoms with van der Waals surface area (Å²) in [7, 11) is 0. The number of rotatable bonds is 5. The SMILES string of the molecule is O=C(NC1CCc2ccccc21)C1CCN(Cc2noc(-c3ccc(F)cc3)n2)CC1. The Labute approximate surface area is 180 Å². The maximum atomic E-state index is 13.1. The van der Waals surface area contributed by atoms with Gasteiger partial charge in [-0.15, -0.1) is 0 Å². The van der Waals surface area contributed by atoms with Crippen LogP contribution in [0.5, 0.6) is 0 Å². The van der Waals surface area contributed by atoms with Crippen molar-refractivity contribution in [3.63, 3.8) is 0 Å². The van der Waals surface area contributed by atoms with Gasteiger partial charge in [0.25, 0.3) is 5.89 Å². The standard InChI is InChI=1S/C24H25FN4O2/c25-19-8-5-18(6-9-19)24-27-22(28-31-24)15-29-13-11-17(12-14-29)23(30)26-21-10-7-16-3-1-2-4-20(16)21/h1-6,8-9,17,21H,7,10-15H2,(H,26,30). The van der Waals surface area contributed by atoms with Gasteiger partial charge in [0.05, 0.1) is 12.6 Å². The van der Waals surface area contributed by atoms with E-state index in [1.807, 2.05) is 6.07 Å². The van der Waals surface area contributed by atoms with E-state index < -0.39 is 0 Å². The number of carbonyl (C=O) groups excluding carboxylic acids is 1. The van der Waals surface area contributed by atoms with Gasteiger partial charge in [-0.3, -0.25) is 9.69 Å². The summed E-state index contributed by atoms with van der Waals surface area (Å²) >= 11 is 0. The van der Waals surface area contributed by atoms with Gasteiger partial charge in [0.1, 0.15) is 5.82 Å². The molecule has 2 aliphatic rings. The Morgan fingerprint density at radius 1 is 1.10 bits per heavy atom. The van der Waals surface area contributed by atoms with Crippen LogP contribution in [-0.4, -0.2) is 34.0 Å². The zero-order valence-electron chi connectivity index (χ0n) is 17.3. The Balaban J connectivity index is 1.12. The monoisotopic (exact) mass is 420 g/mol. The molecule has 2 aromatic carbocycles. The highest BCUT2D eigenvalue weighted by molar-refractivity contribution is 5.79. The smallest absolute Gasteiger partial charge is 0.257 e. The highest BCUT2D eigenvalue weighted by atomic mass is 19.1. The topological polar surface area (TPSA) is 71.3 Å². The summed E-state index contributed by atoms with van der Waals surface area (Å²) in [5, 5.41) is 7.32. The fourth-order valence-electron chi connectivity index (χ4n) is 4.58. The Bertz CT molecular complexity index is 1060. The lowest BCUT2D eigenvalue weighted by Crippen LogP contribution is -2.41. The molecule has 1 N–H and O–H groups in total. The molecule has 0 bridgehead atoms. The molecule has 1 fully saturated rings. The van der Waals surface area contributed by atoms with Crippen LogP contribution in [0, 0.1) is 11.7 Å². The molecule has 1 amide bonds. The van der Waals surface area contributed by atoms with Crippen molar-refractivity contribution >= 4 is 5.91 Å². The van der Waals surface area contributed by atoms with E-state index >= 15 is 0 Å². The first-order valence-corrected chi connectivity index (χ1v) is 10.8. The number of amides is 1. The summed E-state index contributed by atoms with van der Waals surface area (Å²) in [5.74, 6) is 0.905. The number of likely N-dealkylation sites (tertiary alicyclic amines) is 1. The van der Waals surface area contributed by atoms with Crippen LogP contribution in [-0.2, 0) is 17.8 Å². The summed E-state index contributed by atoms with van der Waals surface area (Å²) in [6.07, 6.45) is 3.66. The molecule has 0 saturated carbocycles. The van der Waals surface area contributed by atoms with Crippen LogP contribution in [0.15, 0.2) is 53.1 Å². The molecule has 1 unspecified atom stereocenters. The molecule has 7 heteroatoms. The Morgan fingerprint density at radius 3 is 2.68 bits per heavy atom. The number of aromatic nitrogens is 2. The van der Waals surface area contributed by atoms with Crippen molar-refractivity contribution in [2.75, 3.05) is 13.1 Å². The van der Waals surface area contributed by atoms with Crippen LogP contribution in [0.2, 0.25) is 0 Å². The number of carbonyl (C=O) groups is 1. The predicted octanol–water partition coefficient (Wildman–Crippen LogP) is 3.89. The van der Waals surface area contributed by atoms with Gasteiger partial charge in [-0.2, -0.15) is 4.98 Å². The zero-order valence-corrected chi connectivity index (χ0v) is 17.3. The van der Waals surface area contributed by atoms with Crippen LogP contribution in [0.25, 0.3) is 11.5 Å². The van der Waals surface area contributed by atoms with Gasteiger partial charge in [-0.25, -0.2) is 4.39 Å². The fraction of sp³-hybridized carbons (Fsp3) is 0.375. The highest BCUT2D eigenvalue weighted by Gasteiger charge is 2.29. The molecular formula is C24H25FN4O2. The quantitative estimate of drug-likeness (QED) is 0.678. The van der Waals surface area contributed by atoms with Crippen molar-refractivity contribution in [2.45, 2.75) is 38.3 Å². The van der Waals surface area contributed by atoms with E-state index in [0.29, 0.717) is 23.8 Å². The van der Waals surface area contributed by atoms with Gasteiger partial charge in [0.2, 0.25) is 5.91 Å². The lowest BCUT2D eigenvalue weighted by molar-refractivity contribution is -0.127. The molecule has 6 nitrogen and oxygen atoms in total. The molecule has 1 aromatic heterocycles. The van der Waals surface area contributed by atoms with Crippen molar-refractivity contribution < 1.29 is 13.7 Å². The first kappa shape index (κ1) is 19.9. The molecule has 0 radical (unpaired) electrons. The molecule has 3 aromatic rings. The number of aryl methyl sites for hydroxylation is 1. The van der Waals surface area contributed by atoms with Gasteiger partial charge in [-0.05, 0) is 74.2 Å². The van der Waals surface area contributed by atoms with Crippen molar-refractivity contribution in [3.8, 4) is 11.5 Å². The van der Waals surface area contributed by atoms with Crippen LogP contribution < -0.4 is 5.32 Å². The molecule has 1 saturated heterocycles. The number of piperidine rings is 1. The van der Waals surface area contributed by atoms with E-state index in [0.717, 1.165) is 38.8 Å². The van der Waals surface area contributed by atoms with Crippen molar-refractivity contribution in [3.05, 3.63) is 71.3 Å². The maximum absolute atomic E-state index is 13.1. The number of nitrogens with zero attached hydrogens (tertiary/aromatic N) is 3. The van der Waals surface area contributed by atoms with Crippen molar-refractivity contribution in [1.82, 2.24) is 20.4 Å². The lowest BCUT2D eigenvalue weighted by Gasteiger charge is -2.31. The molecule has 160 valence electrons. The predicted molar refractivity (Wildman–Crippen MR) is 113 cm³/mol. The first-order chi connectivity index (χ1) is 15.2. The normalized spacial score (nSPS) is 19.3. The summed E-state index contributed by atoms with van der Waals surface area (Å²) in [5.41, 5.74) is 3.31. The van der Waals surface area contributed by atoms with Gasteiger partial charge >= 0.3 is 0 Å². The van der Waals surface area contributed by atoms with Crippen LogP contribution in [0.4, 0.5) is 4.39 Å². The highest BCUT2D eigenvalue weighted by Crippen LogP contribution is 2.31. The minimum absolute atomic E-state index is 0.0454.